The molecule has 0 spiro atoms. The molecule has 1 N–H and O–H groups in total. The summed E-state index contributed by atoms with van der Waals surface area (Å²) in [7, 11) is 0. The Kier molecular flexibility index (Phi) is 2.75. The molecule has 1 atom stereocenters. The fraction of sp³-hybridized carbons (Fsp3) is 0.500. The van der Waals surface area contributed by atoms with E-state index in [1.807, 2.05) is 23.1 Å². The van der Waals surface area contributed by atoms with Crippen LogP contribution < -0.4 is 5.32 Å². The van der Waals surface area contributed by atoms with Crippen molar-refractivity contribution in [2.75, 3.05) is 18.4 Å². The van der Waals surface area contributed by atoms with Gasteiger partial charge in [0.05, 0.1) is 0 Å². The first-order valence-corrected chi connectivity index (χ1v) is 6.43. The Bertz CT molecular complexity index is 400. The van der Waals surface area contributed by atoms with Crippen molar-refractivity contribution in [3.63, 3.8) is 0 Å². The van der Waals surface area contributed by atoms with E-state index in [9.17, 15) is 4.79 Å². The Morgan fingerprint density at radius 2 is 1.94 bits per heavy atom. The van der Waals surface area contributed by atoms with E-state index in [0.717, 1.165) is 38.0 Å². The summed E-state index contributed by atoms with van der Waals surface area (Å²) in [6.45, 7) is 1.78. The van der Waals surface area contributed by atoms with Crippen molar-refractivity contribution in [2.24, 2.45) is 5.92 Å². The normalized spacial score (nSPS) is 23.8. The van der Waals surface area contributed by atoms with E-state index in [0.29, 0.717) is 17.9 Å². The van der Waals surface area contributed by atoms with Crippen LogP contribution >= 0.6 is 0 Å². The summed E-state index contributed by atoms with van der Waals surface area (Å²) < 4.78 is 0. The van der Waals surface area contributed by atoms with Gasteiger partial charge in [-0.05, 0) is 31.4 Å². The summed E-state index contributed by atoms with van der Waals surface area (Å²) in [4.78, 5) is 13.9. The van der Waals surface area contributed by atoms with Crippen LogP contribution in [0, 0.1) is 5.92 Å². The zero-order valence-corrected chi connectivity index (χ0v) is 9.93. The van der Waals surface area contributed by atoms with Crippen molar-refractivity contribution in [3.05, 3.63) is 30.3 Å². The lowest BCUT2D eigenvalue weighted by molar-refractivity contribution is -0.131. The molecule has 1 saturated heterocycles. The molecule has 2 aliphatic rings. The number of nitrogens with one attached hydrogen (secondary N) is 1. The maximum Gasteiger partial charge on any atom is 0.225 e. The Morgan fingerprint density at radius 1 is 1.18 bits per heavy atom. The molecule has 1 amide bonds. The van der Waals surface area contributed by atoms with Gasteiger partial charge >= 0.3 is 0 Å². The van der Waals surface area contributed by atoms with Crippen LogP contribution in [-0.2, 0) is 4.79 Å². The van der Waals surface area contributed by atoms with Crippen molar-refractivity contribution in [2.45, 2.75) is 25.3 Å². The fourth-order valence-electron chi connectivity index (χ4n) is 2.44. The smallest absolute Gasteiger partial charge is 0.225 e. The number of carbonyl (C=O) groups excluding carboxylic acids is 1. The molecule has 90 valence electrons. The number of nitrogens with zero attached hydrogens (tertiary/aromatic N) is 1. The average Bonchev–Trinajstić information content (AvgIpc) is 3.11. The highest BCUT2D eigenvalue weighted by atomic mass is 16.2. The summed E-state index contributed by atoms with van der Waals surface area (Å²) in [5.41, 5.74) is 1.15. The summed E-state index contributed by atoms with van der Waals surface area (Å²) in [5.74, 6) is 0.729. The van der Waals surface area contributed by atoms with E-state index < -0.39 is 0 Å². The molecule has 2 fully saturated rings. The van der Waals surface area contributed by atoms with Crippen LogP contribution in [0.5, 0.6) is 0 Å². The quantitative estimate of drug-likeness (QED) is 0.862. The molecule has 1 aliphatic heterocycles. The number of rotatable bonds is 3. The summed E-state index contributed by atoms with van der Waals surface area (Å²) in [5, 5.41) is 3.49. The number of anilines is 1. The zero-order chi connectivity index (χ0) is 11.7. The Labute approximate surface area is 102 Å². The monoisotopic (exact) mass is 230 g/mol. The third-order valence-corrected chi connectivity index (χ3v) is 3.57. The fourth-order valence-corrected chi connectivity index (χ4v) is 2.44. The van der Waals surface area contributed by atoms with Crippen molar-refractivity contribution >= 4 is 11.6 Å². The molecule has 0 aromatic heterocycles. The third-order valence-electron chi connectivity index (χ3n) is 3.57. The van der Waals surface area contributed by atoms with E-state index in [4.69, 9.17) is 0 Å². The molecule has 1 saturated carbocycles. The van der Waals surface area contributed by atoms with Crippen molar-refractivity contribution in [3.8, 4) is 0 Å². The van der Waals surface area contributed by atoms with Gasteiger partial charge in [-0.2, -0.15) is 0 Å². The molecule has 1 aliphatic carbocycles. The molecule has 0 bridgehead atoms. The molecule has 1 heterocycles. The molecule has 3 heteroatoms. The summed E-state index contributed by atoms with van der Waals surface area (Å²) in [6.07, 6.45) is 3.27. The maximum atomic E-state index is 11.9. The summed E-state index contributed by atoms with van der Waals surface area (Å²) in [6, 6.07) is 10.6. The van der Waals surface area contributed by atoms with Crippen LogP contribution in [0.2, 0.25) is 0 Å². The van der Waals surface area contributed by atoms with Crippen molar-refractivity contribution < 1.29 is 4.79 Å². The van der Waals surface area contributed by atoms with E-state index in [-0.39, 0.29) is 0 Å². The number of likely N-dealkylation sites (tertiary alicyclic amines) is 1. The van der Waals surface area contributed by atoms with E-state index in [1.54, 1.807) is 0 Å². The minimum absolute atomic E-state index is 0.352. The van der Waals surface area contributed by atoms with E-state index >= 15 is 0 Å². The molecule has 3 rings (SSSR count). The van der Waals surface area contributed by atoms with Crippen LogP contribution in [0.1, 0.15) is 19.3 Å². The van der Waals surface area contributed by atoms with Crippen molar-refractivity contribution in [1.82, 2.24) is 4.90 Å². The van der Waals surface area contributed by atoms with Crippen molar-refractivity contribution in [1.29, 1.82) is 0 Å². The molecule has 1 unspecified atom stereocenters. The van der Waals surface area contributed by atoms with Gasteiger partial charge < -0.3 is 10.2 Å². The first kappa shape index (κ1) is 10.6. The average molecular weight is 230 g/mol. The largest absolute Gasteiger partial charge is 0.380 e. The van der Waals surface area contributed by atoms with Gasteiger partial charge in [0.2, 0.25) is 5.91 Å². The first-order valence-electron chi connectivity index (χ1n) is 6.43. The molecular weight excluding hydrogens is 212 g/mol. The number of amides is 1. The standard InChI is InChI=1S/C14H18N2O/c17-14(11-6-7-11)16-9-8-13(10-16)15-12-4-2-1-3-5-12/h1-5,11,13,15H,6-10H2. The number of benzene rings is 1. The van der Waals surface area contributed by atoms with Gasteiger partial charge in [-0.25, -0.2) is 0 Å². The second-order valence-electron chi connectivity index (χ2n) is 5.05. The van der Waals surface area contributed by atoms with Gasteiger partial charge in [0.1, 0.15) is 0 Å². The highest BCUT2D eigenvalue weighted by molar-refractivity contribution is 5.81. The van der Waals surface area contributed by atoms with Crippen LogP contribution in [0.4, 0.5) is 5.69 Å². The van der Waals surface area contributed by atoms with Crippen LogP contribution in [0.25, 0.3) is 0 Å². The van der Waals surface area contributed by atoms with Gasteiger partial charge in [-0.3, -0.25) is 4.79 Å². The molecule has 0 radical (unpaired) electrons. The topological polar surface area (TPSA) is 32.3 Å². The second-order valence-corrected chi connectivity index (χ2v) is 5.05. The zero-order valence-electron chi connectivity index (χ0n) is 9.93. The lowest BCUT2D eigenvalue weighted by atomic mass is 10.2. The van der Waals surface area contributed by atoms with Crippen LogP contribution in [0.3, 0.4) is 0 Å². The molecule has 17 heavy (non-hydrogen) atoms. The number of hydrogen-bond acceptors (Lipinski definition) is 2. The maximum absolute atomic E-state index is 11.9. The number of para-hydroxylation sites is 1. The number of hydrogen-bond donors (Lipinski definition) is 1. The Hall–Kier alpha value is -1.51. The van der Waals surface area contributed by atoms with Gasteiger partial charge in [0.25, 0.3) is 0 Å². The minimum Gasteiger partial charge on any atom is -0.380 e. The van der Waals surface area contributed by atoms with Gasteiger partial charge in [0, 0.05) is 30.7 Å². The van der Waals surface area contributed by atoms with Gasteiger partial charge in [0.15, 0.2) is 0 Å². The molecule has 3 nitrogen and oxygen atoms in total. The molecule has 1 aromatic carbocycles. The van der Waals surface area contributed by atoms with Crippen LogP contribution in [0.15, 0.2) is 30.3 Å². The number of carbonyl (C=O) groups is 1. The first-order chi connectivity index (χ1) is 8.33. The third kappa shape index (κ3) is 2.43. The van der Waals surface area contributed by atoms with Gasteiger partial charge in [-0.1, -0.05) is 18.2 Å². The van der Waals surface area contributed by atoms with Gasteiger partial charge in [-0.15, -0.1) is 0 Å². The molecule has 1 aromatic rings. The molecular formula is C14H18N2O. The van der Waals surface area contributed by atoms with E-state index in [1.165, 1.54) is 0 Å². The summed E-state index contributed by atoms with van der Waals surface area (Å²) >= 11 is 0. The highest BCUT2D eigenvalue weighted by Gasteiger charge is 2.36. The Balaban J connectivity index is 1.55. The SMILES string of the molecule is O=C(C1CC1)N1CCC(Nc2ccccc2)C1. The second kappa shape index (κ2) is 4.40. The lowest BCUT2D eigenvalue weighted by Gasteiger charge is -2.17. The lowest BCUT2D eigenvalue weighted by Crippen LogP contribution is -2.32. The Morgan fingerprint density at radius 3 is 2.65 bits per heavy atom. The van der Waals surface area contributed by atoms with E-state index in [2.05, 4.69) is 17.4 Å². The minimum atomic E-state index is 0.352. The predicted molar refractivity (Wildman–Crippen MR) is 67.8 cm³/mol. The highest BCUT2D eigenvalue weighted by Crippen LogP contribution is 2.32. The van der Waals surface area contributed by atoms with Crippen LogP contribution in [-0.4, -0.2) is 29.9 Å². The predicted octanol–water partition coefficient (Wildman–Crippen LogP) is 2.11.